The Kier molecular flexibility index (Phi) is 2.25. The van der Waals surface area contributed by atoms with Crippen molar-refractivity contribution in [2.45, 2.75) is 25.0 Å². The molecular formula is C7H12O2. The first kappa shape index (κ1) is 6.78. The van der Waals surface area contributed by atoms with E-state index in [9.17, 15) is 0 Å². The quantitative estimate of drug-likeness (QED) is 0.567. The summed E-state index contributed by atoms with van der Waals surface area (Å²) in [5.74, 6) is 0. The largest absolute Gasteiger partial charge is 0.390 e. The van der Waals surface area contributed by atoms with Gasteiger partial charge in [-0.15, -0.1) is 6.58 Å². The van der Waals surface area contributed by atoms with Crippen LogP contribution in [0, 0.1) is 0 Å². The lowest BCUT2D eigenvalue weighted by atomic mass is 9.92. The number of hydrogen-bond donors (Lipinski definition) is 1. The van der Waals surface area contributed by atoms with Crippen LogP contribution in [-0.2, 0) is 4.74 Å². The van der Waals surface area contributed by atoms with E-state index < -0.39 is 0 Å². The van der Waals surface area contributed by atoms with E-state index in [1.165, 1.54) is 0 Å². The van der Waals surface area contributed by atoms with Crippen LogP contribution >= 0.6 is 0 Å². The van der Waals surface area contributed by atoms with E-state index in [0.29, 0.717) is 6.61 Å². The Balaban J connectivity index is 2.06. The SMILES string of the molecule is C=CCOC1CCC1O. The van der Waals surface area contributed by atoms with E-state index >= 15 is 0 Å². The molecule has 0 aromatic rings. The Labute approximate surface area is 55.1 Å². The third-order valence-corrected chi connectivity index (χ3v) is 1.60. The Hall–Kier alpha value is -0.340. The molecule has 1 aliphatic carbocycles. The van der Waals surface area contributed by atoms with Crippen molar-refractivity contribution in [3.05, 3.63) is 12.7 Å². The minimum absolute atomic E-state index is 0.0861. The normalized spacial score (nSPS) is 33.4. The number of ether oxygens (including phenoxy) is 1. The fourth-order valence-electron chi connectivity index (χ4n) is 0.838. The molecule has 2 unspecified atom stereocenters. The summed E-state index contributed by atoms with van der Waals surface area (Å²) in [5.41, 5.74) is 0. The fourth-order valence-corrected chi connectivity index (χ4v) is 0.838. The second-order valence-corrected chi connectivity index (χ2v) is 2.31. The topological polar surface area (TPSA) is 29.5 Å². The molecule has 2 heteroatoms. The van der Waals surface area contributed by atoms with Crippen LogP contribution in [0.4, 0.5) is 0 Å². The summed E-state index contributed by atoms with van der Waals surface area (Å²) in [4.78, 5) is 0. The van der Waals surface area contributed by atoms with Gasteiger partial charge in [-0.3, -0.25) is 0 Å². The van der Waals surface area contributed by atoms with Crippen LogP contribution < -0.4 is 0 Å². The van der Waals surface area contributed by atoms with Gasteiger partial charge in [0, 0.05) is 0 Å². The molecular weight excluding hydrogens is 116 g/mol. The van der Waals surface area contributed by atoms with Gasteiger partial charge in [-0.05, 0) is 12.8 Å². The Bertz CT molecular complexity index is 101. The lowest BCUT2D eigenvalue weighted by molar-refractivity contribution is -0.0876. The van der Waals surface area contributed by atoms with Gasteiger partial charge in [-0.25, -0.2) is 0 Å². The van der Waals surface area contributed by atoms with Crippen LogP contribution in [0.5, 0.6) is 0 Å². The summed E-state index contributed by atoms with van der Waals surface area (Å²) in [6.07, 6.45) is 3.45. The van der Waals surface area contributed by atoms with Crippen LogP contribution in [0.3, 0.4) is 0 Å². The van der Waals surface area contributed by atoms with E-state index in [0.717, 1.165) is 12.8 Å². The summed E-state index contributed by atoms with van der Waals surface area (Å²) in [6, 6.07) is 0. The third kappa shape index (κ3) is 1.53. The van der Waals surface area contributed by atoms with Gasteiger partial charge < -0.3 is 9.84 Å². The van der Waals surface area contributed by atoms with Crippen molar-refractivity contribution in [1.82, 2.24) is 0 Å². The number of aliphatic hydroxyl groups is 1. The van der Waals surface area contributed by atoms with E-state index in [4.69, 9.17) is 9.84 Å². The molecule has 0 aromatic heterocycles. The zero-order valence-corrected chi connectivity index (χ0v) is 5.42. The maximum absolute atomic E-state index is 8.98. The standard InChI is InChI=1S/C7H12O2/c1-2-5-9-7-4-3-6(7)8/h2,6-8H,1,3-5H2. The molecule has 1 rings (SSSR count). The molecule has 0 spiro atoms. The zero-order chi connectivity index (χ0) is 6.69. The van der Waals surface area contributed by atoms with Crippen LogP contribution in [-0.4, -0.2) is 23.9 Å². The summed E-state index contributed by atoms with van der Waals surface area (Å²) in [6.45, 7) is 4.07. The summed E-state index contributed by atoms with van der Waals surface area (Å²) in [5, 5.41) is 8.98. The molecule has 1 fully saturated rings. The number of aliphatic hydroxyl groups excluding tert-OH is 1. The molecule has 52 valence electrons. The van der Waals surface area contributed by atoms with Gasteiger partial charge in [0.1, 0.15) is 0 Å². The van der Waals surface area contributed by atoms with Gasteiger partial charge in [0.05, 0.1) is 18.8 Å². The average molecular weight is 128 g/mol. The Morgan fingerprint density at radius 2 is 2.44 bits per heavy atom. The fraction of sp³-hybridized carbons (Fsp3) is 0.714. The maximum Gasteiger partial charge on any atom is 0.0839 e. The molecule has 0 amide bonds. The van der Waals surface area contributed by atoms with Gasteiger partial charge in [0.15, 0.2) is 0 Å². The summed E-state index contributed by atoms with van der Waals surface area (Å²) >= 11 is 0. The molecule has 2 nitrogen and oxygen atoms in total. The predicted molar refractivity (Wildman–Crippen MR) is 35.2 cm³/mol. The summed E-state index contributed by atoms with van der Waals surface area (Å²) < 4.78 is 5.17. The molecule has 0 radical (unpaired) electrons. The first-order chi connectivity index (χ1) is 4.34. The second kappa shape index (κ2) is 2.99. The lowest BCUT2D eigenvalue weighted by Crippen LogP contribution is -2.38. The Morgan fingerprint density at radius 3 is 2.78 bits per heavy atom. The molecule has 2 atom stereocenters. The van der Waals surface area contributed by atoms with Crippen LogP contribution in [0.2, 0.25) is 0 Å². The smallest absolute Gasteiger partial charge is 0.0839 e. The molecule has 0 bridgehead atoms. The first-order valence-corrected chi connectivity index (χ1v) is 3.25. The van der Waals surface area contributed by atoms with Gasteiger partial charge in [0.2, 0.25) is 0 Å². The van der Waals surface area contributed by atoms with E-state index in [-0.39, 0.29) is 12.2 Å². The monoisotopic (exact) mass is 128 g/mol. The lowest BCUT2D eigenvalue weighted by Gasteiger charge is -2.31. The molecule has 9 heavy (non-hydrogen) atoms. The molecule has 0 saturated heterocycles. The molecule has 1 saturated carbocycles. The van der Waals surface area contributed by atoms with E-state index in [1.807, 2.05) is 0 Å². The minimum atomic E-state index is -0.218. The minimum Gasteiger partial charge on any atom is -0.390 e. The second-order valence-electron chi connectivity index (χ2n) is 2.31. The van der Waals surface area contributed by atoms with Crippen molar-refractivity contribution in [1.29, 1.82) is 0 Å². The van der Waals surface area contributed by atoms with Gasteiger partial charge in [-0.2, -0.15) is 0 Å². The maximum atomic E-state index is 8.98. The van der Waals surface area contributed by atoms with Crippen LogP contribution in [0.1, 0.15) is 12.8 Å². The highest BCUT2D eigenvalue weighted by molar-refractivity contribution is 4.81. The van der Waals surface area contributed by atoms with Gasteiger partial charge >= 0.3 is 0 Å². The summed E-state index contributed by atoms with van der Waals surface area (Å²) in [7, 11) is 0. The first-order valence-electron chi connectivity index (χ1n) is 3.25. The van der Waals surface area contributed by atoms with Gasteiger partial charge in [0.25, 0.3) is 0 Å². The number of hydrogen-bond acceptors (Lipinski definition) is 2. The van der Waals surface area contributed by atoms with Crippen LogP contribution in [0.15, 0.2) is 12.7 Å². The van der Waals surface area contributed by atoms with Crippen molar-refractivity contribution in [2.75, 3.05) is 6.61 Å². The average Bonchev–Trinajstić information content (AvgIpc) is 1.86. The van der Waals surface area contributed by atoms with Crippen LogP contribution in [0.25, 0.3) is 0 Å². The highest BCUT2D eigenvalue weighted by atomic mass is 16.5. The van der Waals surface area contributed by atoms with Crippen molar-refractivity contribution >= 4 is 0 Å². The van der Waals surface area contributed by atoms with Crippen molar-refractivity contribution < 1.29 is 9.84 Å². The predicted octanol–water partition coefficient (Wildman–Crippen LogP) is 0.712. The molecule has 1 N–H and O–H groups in total. The molecule has 0 aliphatic heterocycles. The van der Waals surface area contributed by atoms with Crippen molar-refractivity contribution in [2.24, 2.45) is 0 Å². The third-order valence-electron chi connectivity index (χ3n) is 1.60. The van der Waals surface area contributed by atoms with E-state index in [1.54, 1.807) is 6.08 Å². The number of rotatable bonds is 3. The molecule has 1 aliphatic rings. The van der Waals surface area contributed by atoms with Gasteiger partial charge in [-0.1, -0.05) is 6.08 Å². The molecule has 0 heterocycles. The van der Waals surface area contributed by atoms with Crippen molar-refractivity contribution in [3.63, 3.8) is 0 Å². The zero-order valence-electron chi connectivity index (χ0n) is 5.42. The Morgan fingerprint density at radius 1 is 1.67 bits per heavy atom. The highest BCUT2D eigenvalue weighted by Crippen LogP contribution is 2.22. The van der Waals surface area contributed by atoms with E-state index in [2.05, 4.69) is 6.58 Å². The highest BCUT2D eigenvalue weighted by Gasteiger charge is 2.28. The molecule has 0 aromatic carbocycles. The van der Waals surface area contributed by atoms with Crippen molar-refractivity contribution in [3.8, 4) is 0 Å².